The summed E-state index contributed by atoms with van der Waals surface area (Å²) in [6.07, 6.45) is 2.13. The van der Waals surface area contributed by atoms with Gasteiger partial charge in [-0.1, -0.05) is 6.92 Å². The lowest BCUT2D eigenvalue weighted by Crippen LogP contribution is -2.41. The summed E-state index contributed by atoms with van der Waals surface area (Å²) in [4.78, 5) is 25.8. The normalized spacial score (nSPS) is 24.5. The van der Waals surface area contributed by atoms with Crippen LogP contribution in [0.3, 0.4) is 0 Å². The number of nitrogens with two attached hydrogens (primary N) is 1. The van der Waals surface area contributed by atoms with Gasteiger partial charge in [-0.2, -0.15) is 4.98 Å². The molecule has 1 saturated heterocycles. The molecule has 0 saturated carbocycles. The summed E-state index contributed by atoms with van der Waals surface area (Å²) < 4.78 is 0. The maximum Gasteiger partial charge on any atom is 0.278 e. The number of anilines is 1. The largest absolute Gasteiger partial charge is 0.369 e. The van der Waals surface area contributed by atoms with E-state index in [9.17, 15) is 4.79 Å². The standard InChI is InChI=1S/C11H16N6O/c1-11(3-2-4-13-5-11)9-14-6-7(15-9)16-10(12)17-8(6)18/h13H,2-5H2,1H3,(H4,12,14,15,16,17,18). The number of nitrogen functional groups attached to an aromatic ring is 1. The van der Waals surface area contributed by atoms with Crippen molar-refractivity contribution in [1.82, 2.24) is 25.3 Å². The van der Waals surface area contributed by atoms with E-state index in [1.807, 2.05) is 0 Å². The van der Waals surface area contributed by atoms with Crippen LogP contribution in [0.15, 0.2) is 4.79 Å². The monoisotopic (exact) mass is 248 g/mol. The molecule has 0 aromatic carbocycles. The SMILES string of the molecule is CC1(c2nc3nc(N)[nH]c(=O)c3[nH]2)CCCNC1. The number of piperidine rings is 1. The van der Waals surface area contributed by atoms with Crippen molar-refractivity contribution in [3.8, 4) is 0 Å². The van der Waals surface area contributed by atoms with Crippen LogP contribution in [0.4, 0.5) is 5.95 Å². The number of hydrogen-bond donors (Lipinski definition) is 4. The van der Waals surface area contributed by atoms with Crippen LogP contribution in [0.1, 0.15) is 25.6 Å². The molecule has 0 spiro atoms. The first-order chi connectivity index (χ1) is 8.58. The highest BCUT2D eigenvalue weighted by Gasteiger charge is 2.32. The van der Waals surface area contributed by atoms with E-state index in [0.29, 0.717) is 11.2 Å². The highest BCUT2D eigenvalue weighted by atomic mass is 16.1. The van der Waals surface area contributed by atoms with Gasteiger partial charge in [0.1, 0.15) is 5.82 Å². The molecule has 7 heteroatoms. The molecule has 0 aliphatic carbocycles. The van der Waals surface area contributed by atoms with Crippen molar-refractivity contribution in [3.05, 3.63) is 16.2 Å². The summed E-state index contributed by atoms with van der Waals surface area (Å²) in [5, 5.41) is 3.35. The van der Waals surface area contributed by atoms with Gasteiger partial charge in [0.2, 0.25) is 5.95 Å². The number of nitrogens with one attached hydrogen (secondary N) is 3. The lowest BCUT2D eigenvalue weighted by molar-refractivity contribution is 0.326. The molecule has 1 aliphatic rings. The van der Waals surface area contributed by atoms with Crippen LogP contribution in [-0.4, -0.2) is 33.0 Å². The molecule has 96 valence electrons. The fourth-order valence-corrected chi connectivity index (χ4v) is 2.47. The molecule has 1 fully saturated rings. The van der Waals surface area contributed by atoms with Gasteiger partial charge in [-0.25, -0.2) is 4.98 Å². The molecule has 5 N–H and O–H groups in total. The van der Waals surface area contributed by atoms with Crippen molar-refractivity contribution in [2.24, 2.45) is 0 Å². The summed E-state index contributed by atoms with van der Waals surface area (Å²) in [6.45, 7) is 4.01. The van der Waals surface area contributed by atoms with E-state index in [1.54, 1.807) is 0 Å². The molecule has 0 amide bonds. The van der Waals surface area contributed by atoms with Gasteiger partial charge >= 0.3 is 0 Å². The van der Waals surface area contributed by atoms with Crippen LogP contribution in [0.5, 0.6) is 0 Å². The maximum atomic E-state index is 11.7. The molecule has 7 nitrogen and oxygen atoms in total. The summed E-state index contributed by atoms with van der Waals surface area (Å²) >= 11 is 0. The van der Waals surface area contributed by atoms with Crippen molar-refractivity contribution in [2.45, 2.75) is 25.2 Å². The number of fused-ring (bicyclic) bond motifs is 1. The van der Waals surface area contributed by atoms with E-state index in [0.717, 1.165) is 31.8 Å². The quantitative estimate of drug-likeness (QED) is 0.561. The highest BCUT2D eigenvalue weighted by Crippen LogP contribution is 2.29. The molecule has 1 aliphatic heterocycles. The van der Waals surface area contributed by atoms with Crippen LogP contribution in [0, 0.1) is 0 Å². The minimum Gasteiger partial charge on any atom is -0.369 e. The Kier molecular flexibility index (Phi) is 2.37. The maximum absolute atomic E-state index is 11.7. The summed E-state index contributed by atoms with van der Waals surface area (Å²) in [5.74, 6) is 0.894. The molecule has 2 aromatic rings. The fourth-order valence-electron chi connectivity index (χ4n) is 2.47. The van der Waals surface area contributed by atoms with Crippen molar-refractivity contribution in [2.75, 3.05) is 18.8 Å². The summed E-state index contributed by atoms with van der Waals surface area (Å²) in [5.41, 5.74) is 5.94. The smallest absolute Gasteiger partial charge is 0.278 e. The van der Waals surface area contributed by atoms with Gasteiger partial charge in [-0.05, 0) is 19.4 Å². The predicted octanol–water partition coefficient (Wildman–Crippen LogP) is -0.131. The Labute approximate surface area is 103 Å². The zero-order valence-electron chi connectivity index (χ0n) is 10.2. The topological polar surface area (TPSA) is 112 Å². The predicted molar refractivity (Wildman–Crippen MR) is 68.4 cm³/mol. The molecular weight excluding hydrogens is 232 g/mol. The minimum absolute atomic E-state index is 0.0832. The third kappa shape index (κ3) is 1.67. The van der Waals surface area contributed by atoms with Gasteiger partial charge in [0, 0.05) is 12.0 Å². The van der Waals surface area contributed by atoms with E-state index in [4.69, 9.17) is 5.73 Å². The average Bonchev–Trinajstić information content (AvgIpc) is 2.74. The Balaban J connectivity index is 2.13. The van der Waals surface area contributed by atoms with Gasteiger partial charge < -0.3 is 16.0 Å². The molecule has 0 bridgehead atoms. The first kappa shape index (κ1) is 11.2. The second-order valence-corrected chi connectivity index (χ2v) is 5.08. The van der Waals surface area contributed by atoms with Crippen LogP contribution in [0.2, 0.25) is 0 Å². The Morgan fingerprint density at radius 1 is 1.33 bits per heavy atom. The average molecular weight is 248 g/mol. The molecule has 3 heterocycles. The van der Waals surface area contributed by atoms with Gasteiger partial charge in [0.25, 0.3) is 5.56 Å². The number of hydrogen-bond acceptors (Lipinski definition) is 5. The summed E-state index contributed by atoms with van der Waals surface area (Å²) in [7, 11) is 0. The zero-order chi connectivity index (χ0) is 12.8. The van der Waals surface area contributed by atoms with Crippen LogP contribution >= 0.6 is 0 Å². The minimum atomic E-state index is -0.274. The first-order valence-electron chi connectivity index (χ1n) is 6.05. The number of imidazole rings is 1. The van der Waals surface area contributed by atoms with E-state index in [1.165, 1.54) is 0 Å². The van der Waals surface area contributed by atoms with Crippen molar-refractivity contribution in [3.63, 3.8) is 0 Å². The second kappa shape index (κ2) is 3.81. The Bertz CT molecular complexity index is 637. The Morgan fingerprint density at radius 2 is 2.17 bits per heavy atom. The van der Waals surface area contributed by atoms with E-state index >= 15 is 0 Å². The van der Waals surface area contributed by atoms with Crippen molar-refractivity contribution in [1.29, 1.82) is 0 Å². The molecule has 18 heavy (non-hydrogen) atoms. The Hall–Kier alpha value is -1.89. The van der Waals surface area contributed by atoms with Gasteiger partial charge in [0.05, 0.1) is 0 Å². The molecule has 3 rings (SSSR count). The number of nitrogens with zero attached hydrogens (tertiary/aromatic N) is 2. The second-order valence-electron chi connectivity index (χ2n) is 5.08. The summed E-state index contributed by atoms with van der Waals surface area (Å²) in [6, 6.07) is 0. The molecule has 1 unspecified atom stereocenters. The first-order valence-corrected chi connectivity index (χ1v) is 6.05. The van der Waals surface area contributed by atoms with E-state index in [-0.39, 0.29) is 16.9 Å². The number of aromatic amines is 2. The molecule has 2 aromatic heterocycles. The fraction of sp³-hybridized carbons (Fsp3) is 0.545. The van der Waals surface area contributed by atoms with Gasteiger partial charge in [0.15, 0.2) is 11.2 Å². The molecule has 1 atom stereocenters. The Morgan fingerprint density at radius 3 is 2.89 bits per heavy atom. The lowest BCUT2D eigenvalue weighted by Gasteiger charge is -2.32. The number of rotatable bonds is 1. The number of H-pyrrole nitrogens is 2. The zero-order valence-corrected chi connectivity index (χ0v) is 10.2. The highest BCUT2D eigenvalue weighted by molar-refractivity contribution is 5.70. The van der Waals surface area contributed by atoms with Gasteiger partial charge in [-0.15, -0.1) is 0 Å². The van der Waals surface area contributed by atoms with Crippen molar-refractivity contribution < 1.29 is 0 Å². The third-order valence-electron chi connectivity index (χ3n) is 3.55. The van der Waals surface area contributed by atoms with E-state index < -0.39 is 0 Å². The van der Waals surface area contributed by atoms with Crippen LogP contribution in [0.25, 0.3) is 11.2 Å². The molecular formula is C11H16N6O. The van der Waals surface area contributed by atoms with Crippen LogP contribution < -0.4 is 16.6 Å². The van der Waals surface area contributed by atoms with E-state index in [2.05, 4.69) is 32.2 Å². The number of aromatic nitrogens is 4. The third-order valence-corrected chi connectivity index (χ3v) is 3.55. The van der Waals surface area contributed by atoms with Crippen LogP contribution in [-0.2, 0) is 5.41 Å². The van der Waals surface area contributed by atoms with Crippen molar-refractivity contribution >= 4 is 17.1 Å². The van der Waals surface area contributed by atoms with Gasteiger partial charge in [-0.3, -0.25) is 9.78 Å². The lowest BCUT2D eigenvalue weighted by atomic mass is 9.82. The molecule has 0 radical (unpaired) electrons.